The first-order chi connectivity index (χ1) is 10.8. The molecule has 1 aromatic rings. The average Bonchev–Trinajstić information content (AvgIpc) is 2.47. The van der Waals surface area contributed by atoms with Crippen molar-refractivity contribution >= 4 is 11.9 Å². The zero-order chi connectivity index (χ0) is 17.4. The van der Waals surface area contributed by atoms with Gasteiger partial charge < -0.3 is 14.8 Å². The molecule has 0 aliphatic rings. The molecule has 1 rings (SSSR count). The van der Waals surface area contributed by atoms with Gasteiger partial charge in [0.2, 0.25) is 5.91 Å². The third kappa shape index (κ3) is 6.72. The lowest BCUT2D eigenvalue weighted by atomic mass is 10.0. The Balaban J connectivity index is 2.47. The smallest absolute Gasteiger partial charge is 0.328 e. The lowest BCUT2D eigenvalue weighted by molar-refractivity contribution is -0.145. The second-order valence-corrected chi connectivity index (χ2v) is 6.14. The third-order valence-electron chi connectivity index (χ3n) is 3.45. The molecular formula is C18H27NO4. The Morgan fingerprint density at radius 2 is 1.91 bits per heavy atom. The highest BCUT2D eigenvalue weighted by molar-refractivity contribution is 5.84. The van der Waals surface area contributed by atoms with E-state index in [-0.39, 0.29) is 24.9 Å². The molecule has 5 nitrogen and oxygen atoms in total. The number of nitrogens with one attached hydrogen (secondary N) is 1. The van der Waals surface area contributed by atoms with Crippen molar-refractivity contribution in [3.63, 3.8) is 0 Å². The van der Waals surface area contributed by atoms with E-state index in [1.165, 1.54) is 12.7 Å². The number of methoxy groups -OCH3 is 1. The first kappa shape index (κ1) is 19.0. The van der Waals surface area contributed by atoms with Crippen LogP contribution in [0.25, 0.3) is 0 Å². The summed E-state index contributed by atoms with van der Waals surface area (Å²) in [4.78, 5) is 23.7. The number of carbonyl (C=O) groups is 2. The summed E-state index contributed by atoms with van der Waals surface area (Å²) in [6, 6.07) is 5.30. The van der Waals surface area contributed by atoms with E-state index >= 15 is 0 Å². The molecular weight excluding hydrogens is 294 g/mol. The summed E-state index contributed by atoms with van der Waals surface area (Å²) >= 11 is 0. The molecule has 5 heteroatoms. The van der Waals surface area contributed by atoms with Crippen LogP contribution in [0, 0.1) is 19.8 Å². The van der Waals surface area contributed by atoms with E-state index in [4.69, 9.17) is 9.47 Å². The Bertz CT molecular complexity index is 540. The van der Waals surface area contributed by atoms with Crippen molar-refractivity contribution in [1.29, 1.82) is 0 Å². The molecule has 0 heterocycles. The van der Waals surface area contributed by atoms with Crippen LogP contribution in [0.4, 0.5) is 0 Å². The summed E-state index contributed by atoms with van der Waals surface area (Å²) in [5, 5.41) is 2.72. The Morgan fingerprint density at radius 1 is 1.22 bits per heavy atom. The fourth-order valence-corrected chi connectivity index (χ4v) is 2.31. The number of rotatable bonds is 8. The molecule has 0 spiro atoms. The fourth-order valence-electron chi connectivity index (χ4n) is 2.31. The molecule has 1 N–H and O–H groups in total. The van der Waals surface area contributed by atoms with Crippen molar-refractivity contribution in [1.82, 2.24) is 5.32 Å². The first-order valence-electron chi connectivity index (χ1n) is 7.90. The number of amides is 1. The molecule has 0 saturated heterocycles. The second kappa shape index (κ2) is 9.18. The van der Waals surface area contributed by atoms with Crippen LogP contribution in [-0.2, 0) is 14.3 Å². The molecule has 1 amide bonds. The SMILES string of the molecule is COC(=O)C(CC(C)C)NC(=O)CCOc1ccc(C)cc1C. The van der Waals surface area contributed by atoms with Gasteiger partial charge in [-0.1, -0.05) is 31.5 Å². The van der Waals surface area contributed by atoms with Gasteiger partial charge in [0.25, 0.3) is 0 Å². The van der Waals surface area contributed by atoms with Gasteiger partial charge in [-0.25, -0.2) is 4.79 Å². The lowest BCUT2D eigenvalue weighted by Gasteiger charge is -2.18. The van der Waals surface area contributed by atoms with Crippen LogP contribution in [0.15, 0.2) is 18.2 Å². The van der Waals surface area contributed by atoms with Gasteiger partial charge in [0.05, 0.1) is 20.1 Å². The van der Waals surface area contributed by atoms with E-state index in [0.29, 0.717) is 6.42 Å². The van der Waals surface area contributed by atoms with Gasteiger partial charge in [0.1, 0.15) is 11.8 Å². The highest BCUT2D eigenvalue weighted by atomic mass is 16.5. The van der Waals surface area contributed by atoms with E-state index in [2.05, 4.69) is 5.32 Å². The number of esters is 1. The summed E-state index contributed by atoms with van der Waals surface area (Å²) < 4.78 is 10.4. The predicted molar refractivity (Wildman–Crippen MR) is 89.4 cm³/mol. The van der Waals surface area contributed by atoms with Crippen LogP contribution in [0.5, 0.6) is 5.75 Å². The second-order valence-electron chi connectivity index (χ2n) is 6.14. The zero-order valence-corrected chi connectivity index (χ0v) is 14.6. The maximum Gasteiger partial charge on any atom is 0.328 e. The van der Waals surface area contributed by atoms with Crippen molar-refractivity contribution < 1.29 is 19.1 Å². The zero-order valence-electron chi connectivity index (χ0n) is 14.6. The number of benzene rings is 1. The van der Waals surface area contributed by atoms with E-state index in [9.17, 15) is 9.59 Å². The minimum atomic E-state index is -0.603. The molecule has 0 radical (unpaired) electrons. The summed E-state index contributed by atoms with van der Waals surface area (Å²) in [6.07, 6.45) is 0.745. The van der Waals surface area contributed by atoms with Crippen LogP contribution >= 0.6 is 0 Å². The monoisotopic (exact) mass is 321 g/mol. The van der Waals surface area contributed by atoms with E-state index < -0.39 is 12.0 Å². The largest absolute Gasteiger partial charge is 0.493 e. The van der Waals surface area contributed by atoms with Gasteiger partial charge in [-0.3, -0.25) is 4.79 Å². The number of aryl methyl sites for hydroxylation is 2. The Kier molecular flexibility index (Phi) is 7.59. The Labute approximate surface area is 138 Å². The first-order valence-corrected chi connectivity index (χ1v) is 7.90. The normalized spacial score (nSPS) is 11.9. The van der Waals surface area contributed by atoms with Gasteiger partial charge in [-0.2, -0.15) is 0 Å². The van der Waals surface area contributed by atoms with Gasteiger partial charge in [-0.15, -0.1) is 0 Å². The average molecular weight is 321 g/mol. The van der Waals surface area contributed by atoms with Gasteiger partial charge >= 0.3 is 5.97 Å². The predicted octanol–water partition coefficient (Wildman–Crippen LogP) is 2.78. The molecule has 0 aliphatic heterocycles. The Morgan fingerprint density at radius 3 is 2.48 bits per heavy atom. The maximum absolute atomic E-state index is 12.0. The van der Waals surface area contributed by atoms with Crippen molar-refractivity contribution in [3.05, 3.63) is 29.3 Å². The molecule has 0 fully saturated rings. The van der Waals surface area contributed by atoms with Gasteiger partial charge in [0.15, 0.2) is 0 Å². The van der Waals surface area contributed by atoms with Crippen molar-refractivity contribution in [2.75, 3.05) is 13.7 Å². The number of hydrogen-bond acceptors (Lipinski definition) is 4. The molecule has 1 unspecified atom stereocenters. The summed E-state index contributed by atoms with van der Waals surface area (Å²) in [6.45, 7) is 8.24. The molecule has 0 aromatic heterocycles. The topological polar surface area (TPSA) is 64.6 Å². The molecule has 128 valence electrons. The van der Waals surface area contributed by atoms with Gasteiger partial charge in [0, 0.05) is 0 Å². The summed E-state index contributed by atoms with van der Waals surface area (Å²) in [7, 11) is 1.32. The van der Waals surface area contributed by atoms with Crippen molar-refractivity contribution in [2.24, 2.45) is 5.92 Å². The minimum absolute atomic E-state index is 0.193. The number of carbonyl (C=O) groups excluding carboxylic acids is 2. The Hall–Kier alpha value is -2.04. The van der Waals surface area contributed by atoms with Crippen LogP contribution < -0.4 is 10.1 Å². The number of hydrogen-bond donors (Lipinski definition) is 1. The highest BCUT2D eigenvalue weighted by Gasteiger charge is 2.22. The van der Waals surface area contributed by atoms with E-state index in [0.717, 1.165) is 11.3 Å². The molecule has 0 aliphatic carbocycles. The third-order valence-corrected chi connectivity index (χ3v) is 3.45. The van der Waals surface area contributed by atoms with Crippen LogP contribution in [0.3, 0.4) is 0 Å². The molecule has 0 bridgehead atoms. The minimum Gasteiger partial charge on any atom is -0.493 e. The molecule has 1 atom stereocenters. The van der Waals surface area contributed by atoms with Crippen LogP contribution in [0.2, 0.25) is 0 Å². The van der Waals surface area contributed by atoms with Gasteiger partial charge in [-0.05, 0) is 37.8 Å². The van der Waals surface area contributed by atoms with Crippen molar-refractivity contribution in [2.45, 2.75) is 46.6 Å². The van der Waals surface area contributed by atoms with E-state index in [1.807, 2.05) is 45.9 Å². The fraction of sp³-hybridized carbons (Fsp3) is 0.556. The maximum atomic E-state index is 12.0. The van der Waals surface area contributed by atoms with Crippen LogP contribution in [0.1, 0.15) is 37.8 Å². The van der Waals surface area contributed by atoms with Crippen molar-refractivity contribution in [3.8, 4) is 5.75 Å². The highest BCUT2D eigenvalue weighted by Crippen LogP contribution is 2.18. The standard InChI is InChI=1S/C18H27NO4/c1-12(2)10-15(18(21)22-5)19-17(20)8-9-23-16-7-6-13(3)11-14(16)4/h6-7,11-12,15H,8-10H2,1-5H3,(H,19,20). The molecule has 0 saturated carbocycles. The summed E-state index contributed by atoms with van der Waals surface area (Å²) in [5.41, 5.74) is 2.21. The summed E-state index contributed by atoms with van der Waals surface area (Å²) in [5.74, 6) is 0.425. The van der Waals surface area contributed by atoms with Crippen LogP contribution in [-0.4, -0.2) is 31.6 Å². The lowest BCUT2D eigenvalue weighted by Crippen LogP contribution is -2.42. The van der Waals surface area contributed by atoms with E-state index in [1.54, 1.807) is 0 Å². The number of ether oxygens (including phenoxy) is 2. The molecule has 1 aromatic carbocycles. The quantitative estimate of drug-likeness (QED) is 0.748. The molecule has 23 heavy (non-hydrogen) atoms.